The molecular weight excluding hydrogens is 314 g/mol. The third kappa shape index (κ3) is 3.61. The molecule has 1 saturated heterocycles. The number of aromatic nitrogens is 2. The molecule has 1 amide bonds. The molecule has 1 fully saturated rings. The van der Waals surface area contributed by atoms with Gasteiger partial charge in [-0.3, -0.25) is 9.48 Å². The van der Waals surface area contributed by atoms with E-state index in [1.54, 1.807) is 6.20 Å². The van der Waals surface area contributed by atoms with Crippen LogP contribution in [0.3, 0.4) is 0 Å². The zero-order valence-corrected chi connectivity index (χ0v) is 15.3. The van der Waals surface area contributed by atoms with E-state index in [1.807, 2.05) is 29.5 Å². The molecule has 1 aromatic heterocycles. The minimum atomic E-state index is 0.0952. The van der Waals surface area contributed by atoms with Gasteiger partial charge in [0.1, 0.15) is 0 Å². The third-order valence-electron chi connectivity index (χ3n) is 5.15. The lowest BCUT2D eigenvalue weighted by Crippen LogP contribution is -2.39. The second-order valence-corrected chi connectivity index (χ2v) is 7.04. The van der Waals surface area contributed by atoms with Crippen LogP contribution in [0.4, 0.5) is 0 Å². The fraction of sp³-hybridized carbons (Fsp3) is 0.500. The predicted molar refractivity (Wildman–Crippen MR) is 97.8 cm³/mol. The van der Waals surface area contributed by atoms with Crippen LogP contribution in [0.1, 0.15) is 51.5 Å². The summed E-state index contributed by atoms with van der Waals surface area (Å²) in [5.41, 5.74) is 5.34. The molecule has 0 bridgehead atoms. The summed E-state index contributed by atoms with van der Waals surface area (Å²) in [5, 5.41) is 13.4. The van der Waals surface area contributed by atoms with Gasteiger partial charge < -0.3 is 10.0 Å². The summed E-state index contributed by atoms with van der Waals surface area (Å²) in [4.78, 5) is 15.0. The molecule has 134 valence electrons. The molecule has 1 aliphatic heterocycles. The highest BCUT2D eigenvalue weighted by Crippen LogP contribution is 2.29. The zero-order chi connectivity index (χ0) is 18.0. The van der Waals surface area contributed by atoms with Gasteiger partial charge in [0, 0.05) is 36.5 Å². The Morgan fingerprint density at radius 2 is 1.84 bits per heavy atom. The van der Waals surface area contributed by atoms with E-state index < -0.39 is 0 Å². The summed E-state index contributed by atoms with van der Waals surface area (Å²) in [6.45, 7) is 8.26. The summed E-state index contributed by atoms with van der Waals surface area (Å²) in [6.07, 6.45) is 3.67. The predicted octanol–water partition coefficient (Wildman–Crippen LogP) is 2.82. The Morgan fingerprint density at radius 3 is 2.44 bits per heavy atom. The van der Waals surface area contributed by atoms with Gasteiger partial charge in [-0.2, -0.15) is 5.10 Å². The van der Waals surface area contributed by atoms with Gasteiger partial charge in [0.2, 0.25) is 0 Å². The molecule has 1 aromatic carbocycles. The highest BCUT2D eigenvalue weighted by molar-refractivity contribution is 5.97. The van der Waals surface area contributed by atoms with Gasteiger partial charge in [-0.05, 0) is 50.8 Å². The molecule has 25 heavy (non-hydrogen) atoms. The highest BCUT2D eigenvalue weighted by atomic mass is 16.3. The van der Waals surface area contributed by atoms with E-state index in [2.05, 4.69) is 24.2 Å². The topological polar surface area (TPSA) is 58.4 Å². The molecule has 0 unspecified atom stereocenters. The van der Waals surface area contributed by atoms with Crippen molar-refractivity contribution in [2.45, 2.75) is 46.1 Å². The fourth-order valence-electron chi connectivity index (χ4n) is 4.03. The average Bonchev–Trinajstić information content (AvgIpc) is 3.02. The molecule has 1 aliphatic rings. The maximum Gasteiger partial charge on any atom is 0.254 e. The second-order valence-electron chi connectivity index (χ2n) is 7.04. The van der Waals surface area contributed by atoms with Crippen molar-refractivity contribution in [3.8, 4) is 0 Å². The van der Waals surface area contributed by atoms with E-state index in [4.69, 9.17) is 5.11 Å². The maximum atomic E-state index is 13.0. The lowest BCUT2D eigenvalue weighted by Gasteiger charge is -2.33. The summed E-state index contributed by atoms with van der Waals surface area (Å²) in [7, 11) is 0. The van der Waals surface area contributed by atoms with Gasteiger partial charge in [-0.25, -0.2) is 0 Å². The number of amides is 1. The van der Waals surface area contributed by atoms with Crippen LogP contribution in [-0.2, 0) is 6.54 Å². The third-order valence-corrected chi connectivity index (χ3v) is 5.15. The number of rotatable bonds is 4. The van der Waals surface area contributed by atoms with Gasteiger partial charge in [-0.15, -0.1) is 0 Å². The number of nitrogens with zero attached hydrogens (tertiary/aromatic N) is 3. The standard InChI is InChI=1S/C20H27N3O2/c1-14-12-15(2)19(16(3)13-14)20(25)22-8-5-17(6-9-22)18-4-7-21-23(18)10-11-24/h4,7,12-13,17,24H,5-6,8-11H2,1-3H3. The van der Waals surface area contributed by atoms with Gasteiger partial charge in [0.05, 0.1) is 13.2 Å². The lowest BCUT2D eigenvalue weighted by atomic mass is 9.92. The average molecular weight is 341 g/mol. The smallest absolute Gasteiger partial charge is 0.254 e. The van der Waals surface area contributed by atoms with Crippen molar-refractivity contribution in [2.75, 3.05) is 19.7 Å². The molecule has 5 heteroatoms. The number of aliphatic hydroxyl groups is 1. The number of piperidine rings is 1. The molecule has 2 aromatic rings. The summed E-state index contributed by atoms with van der Waals surface area (Å²) in [6, 6.07) is 6.20. The first-order valence-corrected chi connectivity index (χ1v) is 9.01. The summed E-state index contributed by atoms with van der Waals surface area (Å²) in [5.74, 6) is 0.552. The Balaban J connectivity index is 1.70. The number of hydrogen-bond donors (Lipinski definition) is 1. The van der Waals surface area contributed by atoms with E-state index in [9.17, 15) is 4.79 Å². The van der Waals surface area contributed by atoms with Crippen LogP contribution < -0.4 is 0 Å². The molecule has 0 atom stereocenters. The van der Waals surface area contributed by atoms with E-state index in [0.717, 1.165) is 42.6 Å². The Hall–Kier alpha value is -2.14. The van der Waals surface area contributed by atoms with Crippen LogP contribution in [0.2, 0.25) is 0 Å². The molecular formula is C20H27N3O2. The minimum Gasteiger partial charge on any atom is -0.394 e. The quantitative estimate of drug-likeness (QED) is 0.930. The minimum absolute atomic E-state index is 0.0952. The van der Waals surface area contributed by atoms with Crippen LogP contribution in [0.15, 0.2) is 24.4 Å². The van der Waals surface area contributed by atoms with Gasteiger partial charge in [0.15, 0.2) is 0 Å². The summed E-state index contributed by atoms with van der Waals surface area (Å²) < 4.78 is 1.89. The van der Waals surface area contributed by atoms with E-state index in [1.165, 1.54) is 11.3 Å². The number of benzene rings is 1. The Morgan fingerprint density at radius 1 is 1.20 bits per heavy atom. The molecule has 3 rings (SSSR count). The normalized spacial score (nSPS) is 15.6. The monoisotopic (exact) mass is 341 g/mol. The molecule has 0 spiro atoms. The number of likely N-dealkylation sites (tertiary alicyclic amines) is 1. The first-order valence-electron chi connectivity index (χ1n) is 9.01. The zero-order valence-electron chi connectivity index (χ0n) is 15.3. The highest BCUT2D eigenvalue weighted by Gasteiger charge is 2.27. The first kappa shape index (κ1) is 17.7. The number of aryl methyl sites for hydroxylation is 3. The Kier molecular flexibility index (Phi) is 5.23. The molecule has 0 saturated carbocycles. The molecule has 5 nitrogen and oxygen atoms in total. The van der Waals surface area contributed by atoms with Crippen LogP contribution in [-0.4, -0.2) is 45.4 Å². The fourth-order valence-corrected chi connectivity index (χ4v) is 4.03. The molecule has 0 radical (unpaired) electrons. The van der Waals surface area contributed by atoms with Crippen molar-refractivity contribution in [1.29, 1.82) is 0 Å². The Bertz CT molecular complexity index is 735. The van der Waals surface area contributed by atoms with Crippen molar-refractivity contribution in [3.63, 3.8) is 0 Å². The van der Waals surface area contributed by atoms with Crippen molar-refractivity contribution in [3.05, 3.63) is 52.3 Å². The molecule has 1 N–H and O–H groups in total. The van der Waals surface area contributed by atoms with Gasteiger partial charge in [0.25, 0.3) is 5.91 Å². The number of carbonyl (C=O) groups is 1. The lowest BCUT2D eigenvalue weighted by molar-refractivity contribution is 0.0709. The van der Waals surface area contributed by atoms with Crippen LogP contribution in [0.5, 0.6) is 0 Å². The first-order chi connectivity index (χ1) is 12.0. The summed E-state index contributed by atoms with van der Waals surface area (Å²) >= 11 is 0. The number of carbonyl (C=O) groups excluding carboxylic acids is 1. The van der Waals surface area contributed by atoms with Crippen LogP contribution in [0.25, 0.3) is 0 Å². The van der Waals surface area contributed by atoms with Crippen molar-refractivity contribution in [2.24, 2.45) is 0 Å². The van der Waals surface area contributed by atoms with Crippen molar-refractivity contribution >= 4 is 5.91 Å². The molecule has 2 heterocycles. The van der Waals surface area contributed by atoms with Crippen molar-refractivity contribution in [1.82, 2.24) is 14.7 Å². The second kappa shape index (κ2) is 7.40. The largest absolute Gasteiger partial charge is 0.394 e. The SMILES string of the molecule is Cc1cc(C)c(C(=O)N2CCC(c3ccnn3CCO)CC2)c(C)c1. The van der Waals surface area contributed by atoms with Gasteiger partial charge >= 0.3 is 0 Å². The number of hydrogen-bond acceptors (Lipinski definition) is 3. The van der Waals surface area contributed by atoms with E-state index in [-0.39, 0.29) is 12.5 Å². The van der Waals surface area contributed by atoms with E-state index >= 15 is 0 Å². The van der Waals surface area contributed by atoms with Gasteiger partial charge in [-0.1, -0.05) is 17.7 Å². The maximum absolute atomic E-state index is 13.0. The van der Waals surface area contributed by atoms with Crippen LogP contribution in [0, 0.1) is 20.8 Å². The van der Waals surface area contributed by atoms with Crippen LogP contribution >= 0.6 is 0 Å². The van der Waals surface area contributed by atoms with E-state index in [0.29, 0.717) is 12.5 Å². The Labute approximate surface area is 149 Å². The number of aliphatic hydroxyl groups excluding tert-OH is 1. The van der Waals surface area contributed by atoms with Crippen molar-refractivity contribution < 1.29 is 9.90 Å². The molecule has 0 aliphatic carbocycles.